The fourth-order valence-electron chi connectivity index (χ4n) is 3.43. The van der Waals surface area contributed by atoms with Crippen molar-refractivity contribution in [1.82, 2.24) is 10.2 Å². The molecule has 1 heterocycles. The lowest BCUT2D eigenvalue weighted by Crippen LogP contribution is -2.52. The third-order valence-electron chi connectivity index (χ3n) is 4.44. The van der Waals surface area contributed by atoms with Crippen LogP contribution in [0.2, 0.25) is 0 Å². The van der Waals surface area contributed by atoms with E-state index in [1.54, 1.807) is 4.90 Å². The van der Waals surface area contributed by atoms with Crippen molar-refractivity contribution in [3.8, 4) is 0 Å². The molecule has 1 aliphatic carbocycles. The summed E-state index contributed by atoms with van der Waals surface area (Å²) in [6, 6.07) is 0.0411. The molecule has 21 heavy (non-hydrogen) atoms. The number of thioether (sulfide) groups is 1. The van der Waals surface area contributed by atoms with Crippen LogP contribution in [0, 0.1) is 0 Å². The maximum atomic E-state index is 12.5. The second kappa shape index (κ2) is 7.92. The number of carbonyl (C=O) groups is 2. The van der Waals surface area contributed by atoms with Crippen LogP contribution in [-0.4, -0.2) is 51.6 Å². The van der Waals surface area contributed by atoms with Gasteiger partial charge >= 0.3 is 12.0 Å². The van der Waals surface area contributed by atoms with Gasteiger partial charge in [0, 0.05) is 23.9 Å². The average Bonchev–Trinajstić information content (AvgIpc) is 2.86. The van der Waals surface area contributed by atoms with Crippen molar-refractivity contribution in [2.75, 3.05) is 12.3 Å². The van der Waals surface area contributed by atoms with Crippen LogP contribution in [-0.2, 0) is 4.79 Å². The van der Waals surface area contributed by atoms with Crippen LogP contribution < -0.4 is 5.32 Å². The van der Waals surface area contributed by atoms with E-state index in [0.29, 0.717) is 11.8 Å². The minimum absolute atomic E-state index is 0.0606. The monoisotopic (exact) mass is 314 g/mol. The van der Waals surface area contributed by atoms with E-state index in [4.69, 9.17) is 5.11 Å². The molecule has 0 aromatic carbocycles. The summed E-state index contributed by atoms with van der Waals surface area (Å²) in [5.41, 5.74) is 0. The number of carboxylic acid groups (broad SMARTS) is 1. The molecule has 1 saturated heterocycles. The predicted molar refractivity (Wildman–Crippen MR) is 84.7 cm³/mol. The Kier molecular flexibility index (Phi) is 6.21. The van der Waals surface area contributed by atoms with E-state index in [1.807, 2.05) is 11.8 Å². The summed E-state index contributed by atoms with van der Waals surface area (Å²) in [7, 11) is 0. The number of piperidine rings is 1. The third kappa shape index (κ3) is 4.53. The van der Waals surface area contributed by atoms with Gasteiger partial charge in [-0.05, 0) is 37.9 Å². The van der Waals surface area contributed by atoms with Crippen LogP contribution in [0.5, 0.6) is 0 Å². The zero-order valence-corrected chi connectivity index (χ0v) is 13.5. The molecule has 1 aliphatic heterocycles. The SMILES string of the molecule is CCSC1CCCC1NC(=O)N1CCCCC1CC(=O)O. The number of carbonyl (C=O) groups excluding carboxylic acids is 1. The smallest absolute Gasteiger partial charge is 0.317 e. The van der Waals surface area contributed by atoms with E-state index in [1.165, 1.54) is 12.8 Å². The Morgan fingerprint density at radius 1 is 1.24 bits per heavy atom. The minimum atomic E-state index is -0.819. The molecule has 2 aliphatic rings. The van der Waals surface area contributed by atoms with Crippen LogP contribution in [0.4, 0.5) is 4.79 Å². The van der Waals surface area contributed by atoms with Gasteiger partial charge in [-0.25, -0.2) is 4.79 Å². The third-order valence-corrected chi connectivity index (χ3v) is 5.77. The molecule has 0 radical (unpaired) electrons. The number of amides is 2. The Morgan fingerprint density at radius 3 is 2.76 bits per heavy atom. The number of urea groups is 1. The Hall–Kier alpha value is -0.910. The van der Waals surface area contributed by atoms with Crippen molar-refractivity contribution in [2.45, 2.75) is 69.2 Å². The number of aliphatic carboxylic acids is 1. The molecular weight excluding hydrogens is 288 g/mol. The molecule has 3 atom stereocenters. The van der Waals surface area contributed by atoms with Gasteiger partial charge in [0.15, 0.2) is 0 Å². The van der Waals surface area contributed by atoms with Crippen LogP contribution in [0.25, 0.3) is 0 Å². The van der Waals surface area contributed by atoms with Crippen LogP contribution in [0.1, 0.15) is 51.9 Å². The summed E-state index contributed by atoms with van der Waals surface area (Å²) in [6.45, 7) is 2.83. The van der Waals surface area contributed by atoms with Gasteiger partial charge in [-0.1, -0.05) is 13.3 Å². The molecule has 3 unspecified atom stereocenters. The zero-order chi connectivity index (χ0) is 15.2. The van der Waals surface area contributed by atoms with Gasteiger partial charge in [0.05, 0.1) is 6.42 Å². The second-order valence-electron chi connectivity index (χ2n) is 5.92. The largest absolute Gasteiger partial charge is 0.481 e. The molecule has 2 fully saturated rings. The van der Waals surface area contributed by atoms with Crippen molar-refractivity contribution < 1.29 is 14.7 Å². The van der Waals surface area contributed by atoms with Crippen molar-refractivity contribution in [3.63, 3.8) is 0 Å². The van der Waals surface area contributed by atoms with E-state index in [2.05, 4.69) is 12.2 Å². The molecule has 0 aromatic rings. The standard InChI is InChI=1S/C15H26N2O3S/c1-2-21-13-8-5-7-12(13)16-15(20)17-9-4-3-6-11(17)10-14(18)19/h11-13H,2-10H2,1H3,(H,16,20)(H,18,19). The van der Waals surface area contributed by atoms with Gasteiger partial charge in [-0.2, -0.15) is 11.8 Å². The minimum Gasteiger partial charge on any atom is -0.481 e. The first-order valence-corrected chi connectivity index (χ1v) is 9.07. The molecule has 2 rings (SSSR count). The molecule has 5 nitrogen and oxygen atoms in total. The molecule has 0 aromatic heterocycles. The lowest BCUT2D eigenvalue weighted by atomic mass is 10.00. The summed E-state index contributed by atoms with van der Waals surface area (Å²) in [5, 5.41) is 12.7. The fraction of sp³-hybridized carbons (Fsp3) is 0.867. The second-order valence-corrected chi connectivity index (χ2v) is 7.44. The van der Waals surface area contributed by atoms with Crippen LogP contribution in [0.3, 0.4) is 0 Å². The van der Waals surface area contributed by atoms with E-state index in [9.17, 15) is 9.59 Å². The highest BCUT2D eigenvalue weighted by atomic mass is 32.2. The van der Waals surface area contributed by atoms with Gasteiger partial charge in [0.1, 0.15) is 0 Å². The number of likely N-dealkylation sites (tertiary alicyclic amines) is 1. The number of carboxylic acids is 1. The number of rotatable bonds is 5. The number of nitrogens with zero attached hydrogens (tertiary/aromatic N) is 1. The lowest BCUT2D eigenvalue weighted by Gasteiger charge is -2.36. The first kappa shape index (κ1) is 16.5. The highest BCUT2D eigenvalue weighted by molar-refractivity contribution is 7.99. The van der Waals surface area contributed by atoms with Crippen LogP contribution in [0.15, 0.2) is 0 Å². The number of nitrogens with one attached hydrogen (secondary N) is 1. The van der Waals surface area contributed by atoms with Crippen molar-refractivity contribution in [2.24, 2.45) is 0 Å². The summed E-state index contributed by atoms with van der Waals surface area (Å²) in [4.78, 5) is 25.2. The molecule has 0 spiro atoms. The molecule has 2 amide bonds. The molecule has 0 bridgehead atoms. The van der Waals surface area contributed by atoms with Gasteiger partial charge in [-0.3, -0.25) is 4.79 Å². The van der Waals surface area contributed by atoms with Gasteiger partial charge in [0.2, 0.25) is 0 Å². The summed E-state index contributed by atoms with van der Waals surface area (Å²) >= 11 is 1.92. The Morgan fingerprint density at radius 2 is 2.05 bits per heavy atom. The topological polar surface area (TPSA) is 69.6 Å². The Balaban J connectivity index is 1.92. The molecule has 120 valence electrons. The van der Waals surface area contributed by atoms with Crippen molar-refractivity contribution in [1.29, 1.82) is 0 Å². The normalized spacial score (nSPS) is 29.4. The average molecular weight is 314 g/mol. The van der Waals surface area contributed by atoms with Gasteiger partial charge < -0.3 is 15.3 Å². The molecular formula is C15H26N2O3S. The van der Waals surface area contributed by atoms with E-state index < -0.39 is 5.97 Å². The van der Waals surface area contributed by atoms with E-state index >= 15 is 0 Å². The zero-order valence-electron chi connectivity index (χ0n) is 12.7. The lowest BCUT2D eigenvalue weighted by molar-refractivity contribution is -0.138. The maximum Gasteiger partial charge on any atom is 0.317 e. The summed E-state index contributed by atoms with van der Waals surface area (Å²) in [5.74, 6) is 0.252. The number of hydrogen-bond acceptors (Lipinski definition) is 3. The van der Waals surface area contributed by atoms with E-state index in [0.717, 1.165) is 31.4 Å². The van der Waals surface area contributed by atoms with Gasteiger partial charge in [0.25, 0.3) is 0 Å². The van der Waals surface area contributed by atoms with Gasteiger partial charge in [-0.15, -0.1) is 0 Å². The predicted octanol–water partition coefficient (Wildman–Crippen LogP) is 2.70. The van der Waals surface area contributed by atoms with Crippen molar-refractivity contribution in [3.05, 3.63) is 0 Å². The summed E-state index contributed by atoms with van der Waals surface area (Å²) < 4.78 is 0. The Labute approximate surface area is 130 Å². The molecule has 2 N–H and O–H groups in total. The molecule has 1 saturated carbocycles. The fourth-order valence-corrected chi connectivity index (χ4v) is 4.63. The highest BCUT2D eigenvalue weighted by Gasteiger charge is 2.33. The summed E-state index contributed by atoms with van der Waals surface area (Å²) in [6.07, 6.45) is 6.23. The number of hydrogen-bond donors (Lipinski definition) is 2. The van der Waals surface area contributed by atoms with Crippen LogP contribution >= 0.6 is 11.8 Å². The first-order chi connectivity index (χ1) is 10.1. The quantitative estimate of drug-likeness (QED) is 0.818. The maximum absolute atomic E-state index is 12.5. The highest BCUT2D eigenvalue weighted by Crippen LogP contribution is 2.30. The van der Waals surface area contributed by atoms with E-state index in [-0.39, 0.29) is 24.5 Å². The van der Waals surface area contributed by atoms with Crippen molar-refractivity contribution >= 4 is 23.8 Å². The Bertz CT molecular complexity index is 378. The first-order valence-electron chi connectivity index (χ1n) is 8.02. The molecule has 6 heteroatoms.